The predicted molar refractivity (Wildman–Crippen MR) is 36.8 cm³/mol. The van der Waals surface area contributed by atoms with Crippen molar-refractivity contribution in [1.82, 2.24) is 0 Å². The lowest BCUT2D eigenvalue weighted by Crippen LogP contribution is -1.90. The maximum absolute atomic E-state index is 10.8. The first-order chi connectivity index (χ1) is 4.34. The summed E-state index contributed by atoms with van der Waals surface area (Å²) in [6.07, 6.45) is 6.85. The first kappa shape index (κ1) is 6.27. The van der Waals surface area contributed by atoms with Crippen LogP contribution in [0.1, 0.15) is 12.8 Å². The van der Waals surface area contributed by atoms with E-state index < -0.39 is 0 Å². The molecule has 0 unspecified atom stereocenters. The Kier molecular flexibility index (Phi) is 1.83. The van der Waals surface area contributed by atoms with Crippen LogP contribution in [0.4, 0.5) is 0 Å². The minimum absolute atomic E-state index is 0.176. The Morgan fingerprint density at radius 2 is 2.22 bits per heavy atom. The molecule has 0 bridgehead atoms. The highest BCUT2D eigenvalue weighted by Gasteiger charge is 2.28. The van der Waals surface area contributed by atoms with E-state index in [2.05, 4.69) is 6.58 Å². The topological polar surface area (TPSA) is 17.1 Å². The molecule has 1 aliphatic carbocycles. The third-order valence-corrected chi connectivity index (χ3v) is 1.23. The second-order valence-electron chi connectivity index (χ2n) is 2.06. The molecular formula is C8H9O. The van der Waals surface area contributed by atoms with E-state index in [1.54, 1.807) is 18.2 Å². The molecule has 1 fully saturated rings. The van der Waals surface area contributed by atoms with Gasteiger partial charge in [0.15, 0.2) is 5.78 Å². The van der Waals surface area contributed by atoms with E-state index in [1.165, 1.54) is 0 Å². The van der Waals surface area contributed by atoms with Gasteiger partial charge in [0.25, 0.3) is 0 Å². The van der Waals surface area contributed by atoms with E-state index in [9.17, 15) is 4.79 Å². The zero-order valence-electron chi connectivity index (χ0n) is 5.26. The van der Waals surface area contributed by atoms with Gasteiger partial charge in [-0.3, -0.25) is 4.79 Å². The molecule has 0 heterocycles. The first-order valence-corrected chi connectivity index (χ1v) is 3.02. The molecule has 9 heavy (non-hydrogen) atoms. The van der Waals surface area contributed by atoms with Crippen LogP contribution in [-0.4, -0.2) is 5.78 Å². The fourth-order valence-corrected chi connectivity index (χ4v) is 0.582. The summed E-state index contributed by atoms with van der Waals surface area (Å²) in [7, 11) is 0. The first-order valence-electron chi connectivity index (χ1n) is 3.02. The van der Waals surface area contributed by atoms with Gasteiger partial charge >= 0.3 is 0 Å². The predicted octanol–water partition coefficient (Wildman–Crippen LogP) is 1.67. The molecule has 0 N–H and O–H groups in total. The lowest BCUT2D eigenvalue weighted by molar-refractivity contribution is -0.112. The number of allylic oxidation sites excluding steroid dienone is 3. The summed E-state index contributed by atoms with van der Waals surface area (Å²) < 4.78 is 0. The van der Waals surface area contributed by atoms with Gasteiger partial charge in [-0.25, -0.2) is 0 Å². The third-order valence-electron chi connectivity index (χ3n) is 1.23. The molecule has 0 aromatic carbocycles. The van der Waals surface area contributed by atoms with Crippen molar-refractivity contribution in [3.05, 3.63) is 30.7 Å². The number of hydrogen-bond acceptors (Lipinski definition) is 1. The molecule has 0 aromatic heterocycles. The van der Waals surface area contributed by atoms with Crippen LogP contribution in [0, 0.1) is 5.92 Å². The van der Waals surface area contributed by atoms with E-state index in [4.69, 9.17) is 0 Å². The smallest absolute Gasteiger partial charge is 0.162 e. The summed E-state index contributed by atoms with van der Waals surface area (Å²) in [5, 5.41) is 0. The van der Waals surface area contributed by atoms with Gasteiger partial charge in [0.1, 0.15) is 0 Å². The molecule has 1 heteroatoms. The van der Waals surface area contributed by atoms with Crippen molar-refractivity contribution in [3.8, 4) is 0 Å². The van der Waals surface area contributed by atoms with Crippen LogP contribution in [-0.2, 0) is 4.79 Å². The van der Waals surface area contributed by atoms with Crippen LogP contribution in [0.25, 0.3) is 0 Å². The number of carbonyl (C=O) groups is 1. The van der Waals surface area contributed by atoms with Crippen molar-refractivity contribution in [3.63, 3.8) is 0 Å². The number of ketones is 1. The third kappa shape index (κ3) is 1.84. The van der Waals surface area contributed by atoms with E-state index in [-0.39, 0.29) is 5.78 Å². The average molecular weight is 121 g/mol. The van der Waals surface area contributed by atoms with Crippen molar-refractivity contribution >= 4 is 5.78 Å². The molecule has 1 nitrogen and oxygen atoms in total. The zero-order chi connectivity index (χ0) is 6.69. The van der Waals surface area contributed by atoms with Crippen LogP contribution >= 0.6 is 0 Å². The van der Waals surface area contributed by atoms with E-state index >= 15 is 0 Å². The SMILES string of the molecule is C=C/C=C/C(=O)[C]1CC1. The minimum Gasteiger partial charge on any atom is -0.294 e. The Hall–Kier alpha value is -0.850. The Morgan fingerprint density at radius 1 is 1.56 bits per heavy atom. The lowest BCUT2D eigenvalue weighted by Gasteiger charge is -1.81. The molecular weight excluding hydrogens is 112 g/mol. The standard InChI is InChI=1S/C8H9O/c1-2-3-4-8(9)7-5-6-7/h2-4H,1,5-6H2/b4-3+. The van der Waals surface area contributed by atoms with Crippen molar-refractivity contribution in [1.29, 1.82) is 0 Å². The highest BCUT2D eigenvalue weighted by atomic mass is 16.1. The van der Waals surface area contributed by atoms with Crippen LogP contribution in [0.15, 0.2) is 24.8 Å². The van der Waals surface area contributed by atoms with E-state index in [1.807, 2.05) is 0 Å². The summed E-state index contributed by atoms with van der Waals surface area (Å²) in [5.74, 6) is 1.23. The lowest BCUT2D eigenvalue weighted by atomic mass is 10.2. The number of carbonyl (C=O) groups excluding carboxylic acids is 1. The Bertz CT molecular complexity index is 152. The van der Waals surface area contributed by atoms with Gasteiger partial charge < -0.3 is 0 Å². The average Bonchev–Trinajstić information content (AvgIpc) is 2.63. The minimum atomic E-state index is 0.176. The molecule has 0 saturated heterocycles. The second kappa shape index (κ2) is 2.62. The highest BCUT2D eigenvalue weighted by molar-refractivity contribution is 6.03. The van der Waals surface area contributed by atoms with Gasteiger partial charge in [0.2, 0.25) is 0 Å². The molecule has 0 aliphatic heterocycles. The summed E-state index contributed by atoms with van der Waals surface area (Å²) >= 11 is 0. The number of rotatable bonds is 3. The molecule has 0 aromatic rings. The van der Waals surface area contributed by atoms with Crippen LogP contribution in [0.3, 0.4) is 0 Å². The van der Waals surface area contributed by atoms with Crippen molar-refractivity contribution in [2.75, 3.05) is 0 Å². The maximum atomic E-state index is 10.8. The largest absolute Gasteiger partial charge is 0.294 e. The zero-order valence-corrected chi connectivity index (χ0v) is 5.26. The second-order valence-corrected chi connectivity index (χ2v) is 2.06. The quantitative estimate of drug-likeness (QED) is 0.410. The summed E-state index contributed by atoms with van der Waals surface area (Å²) in [6.45, 7) is 3.46. The maximum Gasteiger partial charge on any atom is 0.162 e. The van der Waals surface area contributed by atoms with Gasteiger partial charge in [-0.05, 0) is 18.9 Å². The van der Waals surface area contributed by atoms with Crippen molar-refractivity contribution in [2.45, 2.75) is 12.8 Å². The summed E-state index contributed by atoms with van der Waals surface area (Å²) in [4.78, 5) is 10.8. The number of hydrogen-bond donors (Lipinski definition) is 0. The van der Waals surface area contributed by atoms with Gasteiger partial charge in [0, 0.05) is 5.92 Å². The summed E-state index contributed by atoms with van der Waals surface area (Å²) in [6, 6.07) is 0. The van der Waals surface area contributed by atoms with Crippen molar-refractivity contribution in [2.24, 2.45) is 0 Å². The normalized spacial score (nSPS) is 18.2. The molecule has 47 valence electrons. The van der Waals surface area contributed by atoms with Gasteiger partial charge in [0.05, 0.1) is 0 Å². The molecule has 0 atom stereocenters. The van der Waals surface area contributed by atoms with Crippen molar-refractivity contribution < 1.29 is 4.79 Å². The van der Waals surface area contributed by atoms with Crippen LogP contribution in [0.2, 0.25) is 0 Å². The molecule has 1 rings (SSSR count). The fraction of sp³-hybridized carbons (Fsp3) is 0.250. The summed E-state index contributed by atoms with van der Waals surface area (Å²) in [5.41, 5.74) is 0. The highest BCUT2D eigenvalue weighted by Crippen LogP contribution is 2.32. The van der Waals surface area contributed by atoms with Gasteiger partial charge in [-0.2, -0.15) is 0 Å². The Morgan fingerprint density at radius 3 is 2.67 bits per heavy atom. The van der Waals surface area contributed by atoms with Crippen LogP contribution < -0.4 is 0 Å². The van der Waals surface area contributed by atoms with Gasteiger partial charge in [-0.1, -0.05) is 18.7 Å². The monoisotopic (exact) mass is 121 g/mol. The van der Waals surface area contributed by atoms with E-state index in [0.29, 0.717) is 0 Å². The molecule has 1 saturated carbocycles. The fourth-order valence-electron chi connectivity index (χ4n) is 0.582. The van der Waals surface area contributed by atoms with E-state index in [0.717, 1.165) is 18.8 Å². The molecule has 0 amide bonds. The Labute approximate surface area is 55.1 Å². The van der Waals surface area contributed by atoms with Gasteiger partial charge in [-0.15, -0.1) is 0 Å². The molecule has 0 spiro atoms. The Balaban J connectivity index is 2.33. The molecule has 1 radical (unpaired) electrons. The van der Waals surface area contributed by atoms with Crippen LogP contribution in [0.5, 0.6) is 0 Å². The molecule has 1 aliphatic rings.